The summed E-state index contributed by atoms with van der Waals surface area (Å²) in [4.78, 5) is 21.0. The second-order valence-electron chi connectivity index (χ2n) is 6.89. The number of para-hydroxylation sites is 2. The van der Waals surface area contributed by atoms with Gasteiger partial charge in [-0.15, -0.1) is 0 Å². The highest BCUT2D eigenvalue weighted by molar-refractivity contribution is 9.10. The zero-order valence-corrected chi connectivity index (χ0v) is 21.4. The topological polar surface area (TPSA) is 113 Å². The van der Waals surface area contributed by atoms with Crippen molar-refractivity contribution in [3.63, 3.8) is 0 Å². The number of phenols is 2. The van der Waals surface area contributed by atoms with Gasteiger partial charge in [-0.05, 0) is 36.4 Å². The second kappa shape index (κ2) is 11.7. The summed E-state index contributed by atoms with van der Waals surface area (Å²) >= 11 is 6.71. The smallest absolute Gasteiger partial charge is 0.246 e. The monoisotopic (exact) mass is 589 g/mol. The number of hydrogen-bond acceptors (Lipinski definition) is 7. The number of nitrogens with one attached hydrogen (secondary N) is 1. The van der Waals surface area contributed by atoms with Crippen LogP contribution in [0.1, 0.15) is 11.1 Å². The van der Waals surface area contributed by atoms with Crippen LogP contribution in [0, 0.1) is 0 Å². The third kappa shape index (κ3) is 6.36. The molecule has 34 heavy (non-hydrogen) atoms. The van der Waals surface area contributed by atoms with Crippen molar-refractivity contribution < 1.29 is 24.5 Å². The number of aromatic hydroxyl groups is 2. The summed E-state index contributed by atoms with van der Waals surface area (Å²) in [5.74, 6) is 0.123. The van der Waals surface area contributed by atoms with E-state index in [-0.39, 0.29) is 24.0 Å². The fourth-order valence-corrected chi connectivity index (χ4v) is 3.85. The predicted molar refractivity (Wildman–Crippen MR) is 140 cm³/mol. The highest BCUT2D eigenvalue weighted by Gasteiger charge is 2.10. The van der Waals surface area contributed by atoms with Gasteiger partial charge < -0.3 is 25.0 Å². The molecule has 0 aliphatic carbocycles. The normalized spacial score (nSPS) is 11.2. The minimum Gasteiger partial charge on any atom is -0.504 e. The van der Waals surface area contributed by atoms with Gasteiger partial charge in [0.1, 0.15) is 6.54 Å². The van der Waals surface area contributed by atoms with Crippen molar-refractivity contribution in [3.8, 4) is 23.0 Å². The number of phenolic OH excluding ortho intramolecular Hbond substituents is 2. The number of benzene rings is 3. The van der Waals surface area contributed by atoms with Gasteiger partial charge in [0.25, 0.3) is 0 Å². The molecule has 0 aromatic heterocycles. The second-order valence-corrected chi connectivity index (χ2v) is 8.72. The molecule has 0 unspecified atom stereocenters. The summed E-state index contributed by atoms with van der Waals surface area (Å²) < 4.78 is 11.7. The minimum atomic E-state index is -0.368. The summed E-state index contributed by atoms with van der Waals surface area (Å²) in [6, 6.07) is 13.6. The van der Waals surface area contributed by atoms with Gasteiger partial charge >= 0.3 is 0 Å². The van der Waals surface area contributed by atoms with Crippen molar-refractivity contribution in [2.75, 3.05) is 26.1 Å². The Kier molecular flexibility index (Phi) is 8.67. The average molecular weight is 591 g/mol. The lowest BCUT2D eigenvalue weighted by molar-refractivity contribution is -0.114. The minimum absolute atomic E-state index is 0.0438. The van der Waals surface area contributed by atoms with Gasteiger partial charge in [-0.1, -0.05) is 44.0 Å². The molecule has 0 saturated carbocycles. The number of halogens is 2. The van der Waals surface area contributed by atoms with Gasteiger partial charge in [-0.25, -0.2) is 0 Å². The number of carbonyl (C=O) groups is 1. The van der Waals surface area contributed by atoms with Crippen molar-refractivity contribution in [2.45, 2.75) is 0 Å². The molecular weight excluding hydrogens is 570 g/mol. The molecule has 0 aliphatic heterocycles. The van der Waals surface area contributed by atoms with E-state index in [0.29, 0.717) is 38.5 Å². The van der Waals surface area contributed by atoms with Gasteiger partial charge in [-0.2, -0.15) is 0 Å². The third-order valence-corrected chi connectivity index (χ3v) is 5.48. The number of carbonyl (C=O) groups excluding carboxylic acids is 1. The zero-order valence-electron chi connectivity index (χ0n) is 18.3. The fraction of sp³-hybridized carbons (Fsp3) is 0.125. The highest BCUT2D eigenvalue weighted by Crippen LogP contribution is 2.34. The molecule has 0 saturated heterocycles. The molecule has 0 heterocycles. The van der Waals surface area contributed by atoms with Crippen LogP contribution in [0.3, 0.4) is 0 Å². The van der Waals surface area contributed by atoms with E-state index in [0.717, 1.165) is 4.47 Å². The van der Waals surface area contributed by atoms with Crippen molar-refractivity contribution in [2.24, 2.45) is 9.98 Å². The molecule has 3 aromatic rings. The number of ether oxygens (including phenoxy) is 2. The Labute approximate surface area is 213 Å². The lowest BCUT2D eigenvalue weighted by atomic mass is 10.2. The van der Waals surface area contributed by atoms with Gasteiger partial charge in [0, 0.05) is 32.5 Å². The van der Waals surface area contributed by atoms with Crippen LogP contribution in [0.25, 0.3) is 0 Å². The summed E-state index contributed by atoms with van der Waals surface area (Å²) in [7, 11) is 2.91. The van der Waals surface area contributed by atoms with Gasteiger partial charge in [0.2, 0.25) is 5.91 Å². The fourth-order valence-electron chi connectivity index (χ4n) is 2.94. The van der Waals surface area contributed by atoms with E-state index in [4.69, 9.17) is 9.47 Å². The molecular formula is C24H21Br2N3O5. The van der Waals surface area contributed by atoms with Crippen LogP contribution < -0.4 is 14.8 Å². The molecule has 0 aliphatic rings. The van der Waals surface area contributed by atoms with E-state index in [9.17, 15) is 15.0 Å². The molecule has 0 atom stereocenters. The molecule has 0 fully saturated rings. The standard InChI is InChI=1S/C24H21Br2N3O5/c1-33-20-9-16(25)7-14(23(20)31)11-27-13-22(30)29-19-6-4-3-5-18(19)28-12-15-8-17(26)10-21(34-2)24(15)32/h3-12,31-32H,13H2,1-2H3,(H,29,30). The number of amides is 1. The van der Waals surface area contributed by atoms with E-state index in [1.54, 1.807) is 48.5 Å². The lowest BCUT2D eigenvalue weighted by Gasteiger charge is -2.09. The maximum atomic E-state index is 12.5. The first kappa shape index (κ1) is 25.3. The van der Waals surface area contributed by atoms with Crippen molar-refractivity contribution >= 4 is 61.6 Å². The first-order valence-corrected chi connectivity index (χ1v) is 11.5. The van der Waals surface area contributed by atoms with Crippen LogP contribution in [-0.2, 0) is 4.79 Å². The van der Waals surface area contributed by atoms with E-state index in [2.05, 4.69) is 47.2 Å². The van der Waals surface area contributed by atoms with Crippen molar-refractivity contribution in [1.82, 2.24) is 0 Å². The summed E-state index contributed by atoms with van der Waals surface area (Å²) in [6.45, 7) is -0.171. The lowest BCUT2D eigenvalue weighted by Crippen LogP contribution is -2.15. The molecule has 8 nitrogen and oxygen atoms in total. The molecule has 3 rings (SSSR count). The van der Waals surface area contributed by atoms with Crippen molar-refractivity contribution in [1.29, 1.82) is 0 Å². The first-order valence-electron chi connectivity index (χ1n) is 9.88. The Morgan fingerprint density at radius 3 is 2.09 bits per heavy atom. The number of hydrogen-bond donors (Lipinski definition) is 3. The number of anilines is 1. The number of aliphatic imine (C=N–C) groups is 2. The average Bonchev–Trinajstić information content (AvgIpc) is 2.82. The SMILES string of the molecule is COc1cc(Br)cc(C=NCC(=O)Nc2ccccc2N=Cc2cc(Br)cc(OC)c2O)c1O. The largest absolute Gasteiger partial charge is 0.504 e. The number of methoxy groups -OCH3 is 2. The van der Waals surface area contributed by atoms with E-state index in [1.807, 2.05) is 0 Å². The Hall–Kier alpha value is -3.37. The van der Waals surface area contributed by atoms with E-state index < -0.39 is 0 Å². The Morgan fingerprint density at radius 1 is 0.941 bits per heavy atom. The molecule has 3 aromatic carbocycles. The van der Waals surface area contributed by atoms with E-state index >= 15 is 0 Å². The van der Waals surface area contributed by atoms with Crippen LogP contribution in [0.4, 0.5) is 11.4 Å². The number of rotatable bonds is 8. The van der Waals surface area contributed by atoms with Gasteiger partial charge in [0.15, 0.2) is 23.0 Å². The van der Waals surface area contributed by atoms with Crippen LogP contribution in [0.2, 0.25) is 0 Å². The summed E-state index contributed by atoms with van der Waals surface area (Å²) in [5, 5.41) is 23.3. The third-order valence-electron chi connectivity index (χ3n) is 4.56. The molecule has 176 valence electrons. The zero-order chi connectivity index (χ0) is 24.7. The maximum Gasteiger partial charge on any atom is 0.246 e. The quantitative estimate of drug-likeness (QED) is 0.302. The molecule has 0 bridgehead atoms. The van der Waals surface area contributed by atoms with Gasteiger partial charge in [-0.3, -0.25) is 14.8 Å². The maximum absolute atomic E-state index is 12.5. The summed E-state index contributed by atoms with van der Waals surface area (Å²) in [6.07, 6.45) is 2.88. The molecule has 10 heteroatoms. The predicted octanol–water partition coefficient (Wildman–Crippen LogP) is 5.45. The van der Waals surface area contributed by atoms with Crippen LogP contribution in [0.15, 0.2) is 67.5 Å². The van der Waals surface area contributed by atoms with Crippen molar-refractivity contribution in [3.05, 3.63) is 68.6 Å². The highest BCUT2D eigenvalue weighted by atomic mass is 79.9. The number of nitrogens with zero attached hydrogens (tertiary/aromatic N) is 2. The van der Waals surface area contributed by atoms with Crippen LogP contribution >= 0.6 is 31.9 Å². The molecule has 0 spiro atoms. The van der Waals surface area contributed by atoms with Gasteiger partial charge in [0.05, 0.1) is 25.6 Å². The molecule has 3 N–H and O–H groups in total. The Morgan fingerprint density at radius 2 is 1.50 bits per heavy atom. The van der Waals surface area contributed by atoms with Crippen LogP contribution in [0.5, 0.6) is 23.0 Å². The Bertz CT molecular complexity index is 1260. The molecule has 0 radical (unpaired) electrons. The first-order chi connectivity index (χ1) is 16.3. The van der Waals surface area contributed by atoms with Crippen LogP contribution in [-0.4, -0.2) is 49.3 Å². The molecule has 1 amide bonds. The Balaban J connectivity index is 1.73. The van der Waals surface area contributed by atoms with E-state index in [1.165, 1.54) is 26.6 Å². The summed E-state index contributed by atoms with van der Waals surface area (Å²) in [5.41, 5.74) is 1.83.